The summed E-state index contributed by atoms with van der Waals surface area (Å²) in [6.07, 6.45) is 0. The molecular formula is C25H21N4O+. The van der Waals surface area contributed by atoms with Gasteiger partial charge in [-0.3, -0.25) is 4.79 Å². The van der Waals surface area contributed by atoms with Crippen molar-refractivity contribution in [3.8, 4) is 11.3 Å². The number of pyridine rings is 1. The van der Waals surface area contributed by atoms with Gasteiger partial charge in [-0.15, -0.1) is 0 Å². The van der Waals surface area contributed by atoms with Gasteiger partial charge in [-0.05, 0) is 55.3 Å². The van der Waals surface area contributed by atoms with E-state index in [0.717, 1.165) is 33.2 Å². The molecule has 3 N–H and O–H groups in total. The number of hydrogen-bond donors (Lipinski definition) is 2. The van der Waals surface area contributed by atoms with Crippen molar-refractivity contribution < 1.29 is 9.78 Å². The van der Waals surface area contributed by atoms with E-state index in [1.165, 1.54) is 11.1 Å². The predicted octanol–water partition coefficient (Wildman–Crippen LogP) is 5.07. The van der Waals surface area contributed by atoms with Crippen molar-refractivity contribution in [2.24, 2.45) is 0 Å². The SMILES string of the molecule is Cc1ccc(-c2cc(C(=O)Nc3[nH]c4ccccc4[nH+]3)c3ccccc3n2)cc1C. The summed E-state index contributed by atoms with van der Waals surface area (Å²) in [4.78, 5) is 24.4. The molecular weight excluding hydrogens is 372 g/mol. The Morgan fingerprint density at radius 1 is 0.933 bits per heavy atom. The zero-order chi connectivity index (χ0) is 20.7. The molecule has 0 unspecified atom stereocenters. The average Bonchev–Trinajstić information content (AvgIpc) is 3.17. The maximum absolute atomic E-state index is 13.2. The first-order valence-corrected chi connectivity index (χ1v) is 9.87. The molecule has 0 aliphatic carbocycles. The molecule has 0 saturated heterocycles. The highest BCUT2D eigenvalue weighted by Gasteiger charge is 2.19. The summed E-state index contributed by atoms with van der Waals surface area (Å²) in [6, 6.07) is 23.6. The van der Waals surface area contributed by atoms with Crippen molar-refractivity contribution in [2.45, 2.75) is 13.8 Å². The number of nitrogens with one attached hydrogen (secondary N) is 3. The largest absolute Gasteiger partial charge is 0.361 e. The van der Waals surface area contributed by atoms with E-state index >= 15 is 0 Å². The van der Waals surface area contributed by atoms with Gasteiger partial charge in [-0.1, -0.05) is 42.5 Å². The topological polar surface area (TPSA) is 71.9 Å². The number of aromatic amines is 2. The quantitative estimate of drug-likeness (QED) is 0.449. The van der Waals surface area contributed by atoms with Crippen LogP contribution in [0.1, 0.15) is 21.5 Å². The zero-order valence-electron chi connectivity index (χ0n) is 16.8. The molecule has 0 bridgehead atoms. The van der Waals surface area contributed by atoms with Gasteiger partial charge in [0, 0.05) is 10.9 Å². The molecule has 0 radical (unpaired) electrons. The van der Waals surface area contributed by atoms with E-state index in [-0.39, 0.29) is 5.91 Å². The maximum Gasteiger partial charge on any atom is 0.361 e. The highest BCUT2D eigenvalue weighted by atomic mass is 16.1. The third-order valence-corrected chi connectivity index (χ3v) is 5.45. The van der Waals surface area contributed by atoms with Gasteiger partial charge in [0.05, 0.1) is 16.8 Å². The van der Waals surface area contributed by atoms with Gasteiger partial charge in [0.25, 0.3) is 0 Å². The van der Waals surface area contributed by atoms with Crippen LogP contribution in [0.4, 0.5) is 5.95 Å². The molecule has 0 fully saturated rings. The van der Waals surface area contributed by atoms with Crippen molar-refractivity contribution in [3.63, 3.8) is 0 Å². The lowest BCUT2D eigenvalue weighted by Gasteiger charge is -2.09. The number of carbonyl (C=O) groups excluding carboxylic acids is 1. The number of nitrogens with zero attached hydrogens (tertiary/aromatic N) is 1. The third-order valence-electron chi connectivity index (χ3n) is 5.45. The summed E-state index contributed by atoms with van der Waals surface area (Å²) < 4.78 is 0. The van der Waals surface area contributed by atoms with Crippen molar-refractivity contribution in [3.05, 3.63) is 89.5 Å². The number of rotatable bonds is 3. The van der Waals surface area contributed by atoms with E-state index in [0.29, 0.717) is 11.5 Å². The first-order chi connectivity index (χ1) is 14.6. The lowest BCUT2D eigenvalue weighted by Crippen LogP contribution is -2.19. The Balaban J connectivity index is 1.59. The van der Waals surface area contributed by atoms with Crippen molar-refractivity contribution in [2.75, 3.05) is 5.32 Å². The Kier molecular flexibility index (Phi) is 4.29. The third kappa shape index (κ3) is 3.20. The zero-order valence-corrected chi connectivity index (χ0v) is 16.8. The number of para-hydroxylation sites is 3. The summed E-state index contributed by atoms with van der Waals surface area (Å²) in [5.74, 6) is 0.358. The van der Waals surface area contributed by atoms with Gasteiger partial charge >= 0.3 is 11.9 Å². The number of hydrogen-bond acceptors (Lipinski definition) is 2. The van der Waals surface area contributed by atoms with Crippen LogP contribution in [0, 0.1) is 13.8 Å². The number of imidazole rings is 1. The van der Waals surface area contributed by atoms with E-state index in [1.807, 2.05) is 60.7 Å². The van der Waals surface area contributed by atoms with Crippen LogP contribution >= 0.6 is 0 Å². The normalized spacial score (nSPS) is 11.1. The lowest BCUT2D eigenvalue weighted by atomic mass is 10.0. The molecule has 1 amide bonds. The van der Waals surface area contributed by atoms with Crippen LogP contribution in [0.3, 0.4) is 0 Å². The molecule has 3 aromatic carbocycles. The number of H-pyrrole nitrogens is 2. The Morgan fingerprint density at radius 2 is 1.73 bits per heavy atom. The lowest BCUT2D eigenvalue weighted by molar-refractivity contribution is -0.326. The van der Waals surface area contributed by atoms with Crippen LogP contribution in [0.5, 0.6) is 0 Å². The second-order valence-corrected chi connectivity index (χ2v) is 7.50. The minimum Gasteiger partial charge on any atom is -0.250 e. The van der Waals surface area contributed by atoms with Crippen molar-refractivity contribution in [1.82, 2.24) is 9.97 Å². The van der Waals surface area contributed by atoms with Crippen LogP contribution in [0.2, 0.25) is 0 Å². The molecule has 0 spiro atoms. The first-order valence-electron chi connectivity index (χ1n) is 9.87. The van der Waals surface area contributed by atoms with Gasteiger partial charge in [-0.2, -0.15) is 0 Å². The highest BCUT2D eigenvalue weighted by Crippen LogP contribution is 2.27. The molecule has 146 valence electrons. The number of aromatic nitrogens is 3. The van der Waals surface area contributed by atoms with Crippen LogP contribution in [0.25, 0.3) is 33.2 Å². The summed E-state index contributed by atoms with van der Waals surface area (Å²) in [6.45, 7) is 4.17. The molecule has 5 nitrogen and oxygen atoms in total. The van der Waals surface area contributed by atoms with E-state index < -0.39 is 0 Å². The number of benzene rings is 3. The van der Waals surface area contributed by atoms with Gasteiger partial charge in [0.1, 0.15) is 11.0 Å². The molecule has 0 atom stereocenters. The molecule has 0 saturated carbocycles. The highest BCUT2D eigenvalue weighted by molar-refractivity contribution is 6.12. The van der Waals surface area contributed by atoms with Crippen LogP contribution < -0.4 is 10.3 Å². The van der Waals surface area contributed by atoms with E-state index in [1.54, 1.807) is 0 Å². The monoisotopic (exact) mass is 393 g/mol. The van der Waals surface area contributed by atoms with E-state index in [9.17, 15) is 4.79 Å². The van der Waals surface area contributed by atoms with Gasteiger partial charge in [-0.25, -0.2) is 20.3 Å². The van der Waals surface area contributed by atoms with Gasteiger partial charge < -0.3 is 0 Å². The minimum absolute atomic E-state index is 0.193. The average molecular weight is 393 g/mol. The number of fused-ring (bicyclic) bond motifs is 2. The fraction of sp³-hybridized carbons (Fsp3) is 0.0800. The molecule has 5 aromatic rings. The Labute approximate surface area is 173 Å². The maximum atomic E-state index is 13.2. The number of aryl methyl sites for hydroxylation is 2. The predicted molar refractivity (Wildman–Crippen MR) is 119 cm³/mol. The van der Waals surface area contributed by atoms with Gasteiger partial charge in [0.15, 0.2) is 0 Å². The van der Waals surface area contributed by atoms with Crippen molar-refractivity contribution >= 4 is 33.8 Å². The van der Waals surface area contributed by atoms with Crippen molar-refractivity contribution in [1.29, 1.82) is 0 Å². The molecule has 5 rings (SSSR count). The molecule has 2 aromatic heterocycles. The molecule has 0 aliphatic rings. The fourth-order valence-corrected chi connectivity index (χ4v) is 3.66. The summed E-state index contributed by atoms with van der Waals surface area (Å²) in [5.41, 5.74) is 7.44. The Hall–Kier alpha value is -3.99. The van der Waals surface area contributed by atoms with E-state index in [4.69, 9.17) is 4.98 Å². The fourth-order valence-electron chi connectivity index (χ4n) is 3.66. The Bertz CT molecular complexity index is 1380. The number of carbonyl (C=O) groups is 1. The molecule has 0 aliphatic heterocycles. The van der Waals surface area contributed by atoms with Gasteiger partial charge in [0.2, 0.25) is 0 Å². The summed E-state index contributed by atoms with van der Waals surface area (Å²) >= 11 is 0. The molecule has 30 heavy (non-hydrogen) atoms. The standard InChI is InChI=1S/C25H20N4O/c1-15-11-12-17(13-16(15)2)23-14-19(18-7-3-4-8-20(18)26-23)24(30)29-25-27-21-9-5-6-10-22(21)28-25/h3-14H,1-2H3,(H2,27,28,29,30)/p+1. The number of anilines is 1. The summed E-state index contributed by atoms with van der Waals surface area (Å²) in [7, 11) is 0. The number of amides is 1. The Morgan fingerprint density at radius 3 is 2.57 bits per heavy atom. The van der Waals surface area contributed by atoms with Crippen LogP contribution in [-0.4, -0.2) is 15.9 Å². The second-order valence-electron chi connectivity index (χ2n) is 7.50. The summed E-state index contributed by atoms with van der Waals surface area (Å²) in [5, 5.41) is 3.78. The molecule has 5 heteroatoms. The first kappa shape index (κ1) is 18.1. The van der Waals surface area contributed by atoms with E-state index in [2.05, 4.69) is 41.3 Å². The van der Waals surface area contributed by atoms with Crippen LogP contribution in [-0.2, 0) is 0 Å². The van der Waals surface area contributed by atoms with Crippen LogP contribution in [0.15, 0.2) is 72.8 Å². The second kappa shape index (κ2) is 7.12. The minimum atomic E-state index is -0.193. The molecule has 2 heterocycles. The smallest absolute Gasteiger partial charge is 0.250 e.